The molecule has 2 aromatic heterocycles. The first-order valence-corrected chi connectivity index (χ1v) is 10.2. The van der Waals surface area contributed by atoms with Crippen molar-refractivity contribution in [3.8, 4) is 11.8 Å². The highest BCUT2D eigenvalue weighted by atomic mass is 35.5. The van der Waals surface area contributed by atoms with Crippen LogP contribution in [0.4, 0.5) is 24.7 Å². The van der Waals surface area contributed by atoms with Gasteiger partial charge < -0.3 is 16.2 Å². The zero-order chi connectivity index (χ0) is 25.5. The van der Waals surface area contributed by atoms with E-state index in [0.29, 0.717) is 34.5 Å². The maximum atomic E-state index is 13.1. The number of alkyl halides is 3. The molecule has 0 saturated heterocycles. The largest absolute Gasteiger partial charge is 0.416 e. The summed E-state index contributed by atoms with van der Waals surface area (Å²) in [4.78, 5) is 20.7. The number of rotatable bonds is 4. The molecule has 0 aliphatic carbocycles. The van der Waals surface area contributed by atoms with Crippen LogP contribution in [0.3, 0.4) is 0 Å². The molecular weight excluding hydrogens is 487 g/mol. The Hall–Kier alpha value is -4.21. The molecule has 0 bridgehead atoms. The molecule has 13 heteroatoms. The van der Waals surface area contributed by atoms with Crippen LogP contribution in [-0.4, -0.2) is 30.8 Å². The molecule has 0 saturated carbocycles. The first-order chi connectivity index (χ1) is 16.5. The lowest BCUT2D eigenvalue weighted by Gasteiger charge is -2.15. The fourth-order valence-electron chi connectivity index (χ4n) is 3.44. The van der Waals surface area contributed by atoms with Gasteiger partial charge in [0.15, 0.2) is 11.9 Å². The van der Waals surface area contributed by atoms with Crippen LogP contribution >= 0.6 is 11.6 Å². The molecule has 0 unspecified atom stereocenters. The van der Waals surface area contributed by atoms with Gasteiger partial charge in [0.25, 0.3) is 5.91 Å². The van der Waals surface area contributed by atoms with Crippen molar-refractivity contribution in [2.75, 3.05) is 11.1 Å². The number of hydrogen-bond donors (Lipinski definition) is 3. The minimum atomic E-state index is -4.76. The van der Waals surface area contributed by atoms with Crippen molar-refractivity contribution in [1.82, 2.24) is 19.7 Å². The highest BCUT2D eigenvalue weighted by Gasteiger charge is 2.32. The second-order valence-electron chi connectivity index (χ2n) is 7.46. The van der Waals surface area contributed by atoms with Crippen LogP contribution in [0, 0.1) is 18.3 Å². The number of amides is 1. The van der Waals surface area contributed by atoms with Gasteiger partial charge >= 0.3 is 6.18 Å². The molecule has 2 heterocycles. The Morgan fingerprint density at radius 2 is 2.00 bits per heavy atom. The number of nitrogen functional groups attached to an aromatic ring is 1. The van der Waals surface area contributed by atoms with E-state index in [0.717, 1.165) is 6.07 Å². The summed E-state index contributed by atoms with van der Waals surface area (Å²) >= 11 is 6.40. The lowest BCUT2D eigenvalue weighted by atomic mass is 10.0. The number of nitrogens with one attached hydrogen (secondary N) is 1. The van der Waals surface area contributed by atoms with Crippen LogP contribution in [0.25, 0.3) is 16.7 Å². The van der Waals surface area contributed by atoms with Crippen molar-refractivity contribution in [3.63, 3.8) is 0 Å². The van der Waals surface area contributed by atoms with E-state index < -0.39 is 23.8 Å². The van der Waals surface area contributed by atoms with Gasteiger partial charge in [0.1, 0.15) is 17.4 Å². The number of aliphatic hydroxyl groups excluding tert-OH is 1. The van der Waals surface area contributed by atoms with Crippen molar-refractivity contribution in [2.24, 2.45) is 0 Å². The average molecular weight is 502 g/mol. The summed E-state index contributed by atoms with van der Waals surface area (Å²) in [5, 5.41) is 26.3. The molecule has 2 aromatic carbocycles. The molecule has 1 atom stereocenters. The molecule has 4 rings (SSSR count). The Balaban J connectivity index is 1.62. The van der Waals surface area contributed by atoms with E-state index in [9.17, 15) is 23.1 Å². The number of nitrogens with two attached hydrogens (primary N) is 1. The van der Waals surface area contributed by atoms with Crippen LogP contribution in [0.15, 0.2) is 42.7 Å². The van der Waals surface area contributed by atoms with Gasteiger partial charge in [0.05, 0.1) is 33.6 Å². The molecule has 178 valence electrons. The number of anilines is 2. The zero-order valence-electron chi connectivity index (χ0n) is 17.8. The van der Waals surface area contributed by atoms with Gasteiger partial charge in [-0.15, -0.1) is 0 Å². The van der Waals surface area contributed by atoms with Crippen LogP contribution in [0.1, 0.15) is 28.5 Å². The Bertz CT molecular complexity index is 1510. The SMILES string of the molecule is Cc1nn(-c2ccc(NC(=O)[C@H](O)c3cc(C#N)cc(C(F)(F)F)c3)cc2Cl)c2c(N)ncnc12. The molecule has 4 N–H and O–H groups in total. The lowest BCUT2D eigenvalue weighted by molar-refractivity contribution is -0.138. The summed E-state index contributed by atoms with van der Waals surface area (Å²) in [6, 6.07) is 8.19. The van der Waals surface area contributed by atoms with E-state index in [1.165, 1.54) is 29.2 Å². The Morgan fingerprint density at radius 3 is 2.66 bits per heavy atom. The smallest absolute Gasteiger partial charge is 0.382 e. The second-order valence-corrected chi connectivity index (χ2v) is 7.87. The van der Waals surface area contributed by atoms with Crippen molar-refractivity contribution < 1.29 is 23.1 Å². The quantitative estimate of drug-likeness (QED) is 0.384. The third-order valence-electron chi connectivity index (χ3n) is 5.07. The Morgan fingerprint density at radius 1 is 1.26 bits per heavy atom. The Labute approximate surface area is 200 Å². The maximum absolute atomic E-state index is 13.1. The van der Waals surface area contributed by atoms with Crippen molar-refractivity contribution in [2.45, 2.75) is 19.2 Å². The number of nitriles is 1. The van der Waals surface area contributed by atoms with E-state index >= 15 is 0 Å². The fourth-order valence-corrected chi connectivity index (χ4v) is 3.70. The number of halogens is 4. The number of carbonyl (C=O) groups excluding carboxylic acids is 1. The normalized spacial score (nSPS) is 12.4. The highest BCUT2D eigenvalue weighted by molar-refractivity contribution is 6.32. The second kappa shape index (κ2) is 8.86. The molecule has 9 nitrogen and oxygen atoms in total. The molecule has 0 radical (unpaired) electrons. The topological polar surface area (TPSA) is 143 Å². The number of carbonyl (C=O) groups is 1. The number of aromatic nitrogens is 4. The van der Waals surface area contributed by atoms with Gasteiger partial charge in [-0.25, -0.2) is 14.6 Å². The molecule has 4 aromatic rings. The summed E-state index contributed by atoms with van der Waals surface area (Å²) in [6.45, 7) is 1.74. The van der Waals surface area contributed by atoms with Crippen molar-refractivity contribution in [3.05, 3.63) is 70.1 Å². The summed E-state index contributed by atoms with van der Waals surface area (Å²) in [5.74, 6) is -0.833. The molecule has 0 aliphatic rings. The van der Waals surface area contributed by atoms with E-state index in [4.69, 9.17) is 22.6 Å². The average Bonchev–Trinajstić information content (AvgIpc) is 3.15. The molecule has 0 spiro atoms. The van der Waals surface area contributed by atoms with Gasteiger partial charge in [-0.1, -0.05) is 11.6 Å². The number of hydrogen-bond acceptors (Lipinski definition) is 7. The number of nitrogens with zero attached hydrogens (tertiary/aromatic N) is 5. The molecule has 0 aliphatic heterocycles. The summed E-state index contributed by atoms with van der Waals surface area (Å²) in [6.07, 6.45) is -5.42. The van der Waals surface area contributed by atoms with Crippen molar-refractivity contribution >= 4 is 40.0 Å². The third kappa shape index (κ3) is 4.59. The standard InChI is InChI=1S/C22H15ClF3N7O2/c1-10-17-18(20(28)30-9-29-17)33(32-10)16-3-2-14(7-15(16)23)31-21(35)19(34)12-4-11(8-27)5-13(6-12)22(24,25)26/h2-7,9,19,34H,1H3,(H,31,35)(H2,28,29,30)/t19-/m1/s1. The van der Waals surface area contributed by atoms with Gasteiger partial charge in [-0.3, -0.25) is 4.79 Å². The van der Waals surface area contributed by atoms with Crippen LogP contribution < -0.4 is 11.1 Å². The van der Waals surface area contributed by atoms with Crippen LogP contribution in [0.5, 0.6) is 0 Å². The van der Waals surface area contributed by atoms with Crippen molar-refractivity contribution in [1.29, 1.82) is 5.26 Å². The number of fused-ring (bicyclic) bond motifs is 1. The minimum absolute atomic E-state index is 0.149. The summed E-state index contributed by atoms with van der Waals surface area (Å²) in [5.41, 5.74) is 6.21. The van der Waals surface area contributed by atoms with E-state index in [2.05, 4.69) is 20.4 Å². The lowest BCUT2D eigenvalue weighted by Crippen LogP contribution is -2.21. The predicted octanol–water partition coefficient (Wildman–Crippen LogP) is 3.92. The summed E-state index contributed by atoms with van der Waals surface area (Å²) in [7, 11) is 0. The molecule has 0 fully saturated rings. The molecule has 1 amide bonds. The zero-order valence-corrected chi connectivity index (χ0v) is 18.6. The first-order valence-electron chi connectivity index (χ1n) is 9.86. The minimum Gasteiger partial charge on any atom is -0.382 e. The van der Waals surface area contributed by atoms with Gasteiger partial charge in [0, 0.05) is 5.69 Å². The number of aryl methyl sites for hydroxylation is 1. The Kier molecular flexibility index (Phi) is 6.06. The summed E-state index contributed by atoms with van der Waals surface area (Å²) < 4.78 is 40.8. The van der Waals surface area contributed by atoms with E-state index in [1.807, 2.05) is 0 Å². The highest BCUT2D eigenvalue weighted by Crippen LogP contribution is 2.33. The van der Waals surface area contributed by atoms with Gasteiger partial charge in [-0.2, -0.15) is 23.5 Å². The maximum Gasteiger partial charge on any atom is 0.416 e. The van der Waals surface area contributed by atoms with Gasteiger partial charge in [-0.05, 0) is 48.9 Å². The van der Waals surface area contributed by atoms with Gasteiger partial charge in [0.2, 0.25) is 0 Å². The van der Waals surface area contributed by atoms with Crippen LogP contribution in [-0.2, 0) is 11.0 Å². The van der Waals surface area contributed by atoms with E-state index in [-0.39, 0.29) is 27.7 Å². The number of aliphatic hydroxyl groups is 1. The molecular formula is C22H15ClF3N7O2. The number of benzene rings is 2. The fraction of sp³-hybridized carbons (Fsp3) is 0.136. The third-order valence-corrected chi connectivity index (χ3v) is 5.38. The first kappa shape index (κ1) is 23.9. The monoisotopic (exact) mass is 501 g/mol. The molecule has 35 heavy (non-hydrogen) atoms. The van der Waals surface area contributed by atoms with E-state index in [1.54, 1.807) is 13.0 Å². The van der Waals surface area contributed by atoms with Crippen LogP contribution in [0.2, 0.25) is 5.02 Å². The predicted molar refractivity (Wildman–Crippen MR) is 121 cm³/mol.